The number of carbonyl (C=O) groups excluding carboxylic acids is 2. The Kier molecular flexibility index (Phi) is 10.5. The molecule has 3 aromatic rings. The summed E-state index contributed by atoms with van der Waals surface area (Å²) in [5.74, 6) is -0.771. The third-order valence-electron chi connectivity index (χ3n) is 6.55. The highest BCUT2D eigenvalue weighted by Crippen LogP contribution is 2.26. The van der Waals surface area contributed by atoms with E-state index < -0.39 is 28.7 Å². The summed E-state index contributed by atoms with van der Waals surface area (Å²) in [5, 5.41) is 2.96. The van der Waals surface area contributed by atoms with Gasteiger partial charge in [0.05, 0.1) is 5.69 Å². The molecular formula is C31H40N4O4S. The van der Waals surface area contributed by atoms with Crippen LogP contribution in [0, 0.1) is 13.8 Å². The predicted molar refractivity (Wildman–Crippen MR) is 160 cm³/mol. The Morgan fingerprint density at radius 2 is 1.43 bits per heavy atom. The van der Waals surface area contributed by atoms with Gasteiger partial charge in [0.2, 0.25) is 11.8 Å². The number of aryl methyl sites for hydroxylation is 2. The van der Waals surface area contributed by atoms with Crippen LogP contribution in [-0.4, -0.2) is 62.2 Å². The molecular weight excluding hydrogens is 524 g/mol. The van der Waals surface area contributed by atoms with Crippen molar-refractivity contribution in [1.29, 1.82) is 0 Å². The summed E-state index contributed by atoms with van der Waals surface area (Å²) in [6.45, 7) is 7.11. The standard InChI is InChI=1S/C31H40N4O4S/c1-23(2)32-31(37)29(20-26-13-9-7-10-14-26)34(21-27-15-11-8-12-16-27)30(36)22-35(40(38,39)33(5)6)28-19-24(3)17-18-25(28)4/h7-19,23,29H,20-22H2,1-6H3,(H,32,37)/t29-/m1/s1. The molecule has 0 bridgehead atoms. The first-order valence-corrected chi connectivity index (χ1v) is 14.7. The van der Waals surface area contributed by atoms with Crippen LogP contribution < -0.4 is 9.62 Å². The Labute approximate surface area is 238 Å². The molecule has 0 unspecified atom stereocenters. The molecule has 1 N–H and O–H groups in total. The quantitative estimate of drug-likeness (QED) is 0.359. The maximum Gasteiger partial charge on any atom is 0.304 e. The molecule has 8 nitrogen and oxygen atoms in total. The van der Waals surface area contributed by atoms with Gasteiger partial charge < -0.3 is 10.2 Å². The van der Waals surface area contributed by atoms with E-state index in [0.29, 0.717) is 5.69 Å². The Bertz CT molecular complexity index is 1390. The summed E-state index contributed by atoms with van der Waals surface area (Å²) in [4.78, 5) is 29.4. The highest BCUT2D eigenvalue weighted by molar-refractivity contribution is 7.90. The van der Waals surface area contributed by atoms with E-state index in [4.69, 9.17) is 0 Å². The maximum absolute atomic E-state index is 14.2. The van der Waals surface area contributed by atoms with Crippen molar-refractivity contribution in [2.75, 3.05) is 24.9 Å². The maximum atomic E-state index is 14.2. The van der Waals surface area contributed by atoms with Gasteiger partial charge in [0, 0.05) is 33.1 Å². The van der Waals surface area contributed by atoms with Crippen LogP contribution in [0.2, 0.25) is 0 Å². The lowest BCUT2D eigenvalue weighted by molar-refractivity contribution is -0.140. The fraction of sp³-hybridized carbons (Fsp3) is 0.355. The number of nitrogens with zero attached hydrogens (tertiary/aromatic N) is 3. The minimum absolute atomic E-state index is 0.139. The first kappa shape index (κ1) is 30.8. The molecule has 0 saturated heterocycles. The first-order valence-electron chi connectivity index (χ1n) is 13.3. The van der Waals surface area contributed by atoms with Gasteiger partial charge in [-0.2, -0.15) is 12.7 Å². The topological polar surface area (TPSA) is 90.0 Å². The van der Waals surface area contributed by atoms with E-state index in [1.807, 2.05) is 100 Å². The van der Waals surface area contributed by atoms with E-state index in [9.17, 15) is 18.0 Å². The van der Waals surface area contributed by atoms with E-state index in [0.717, 1.165) is 30.9 Å². The van der Waals surface area contributed by atoms with Gasteiger partial charge in [-0.15, -0.1) is 0 Å². The molecule has 0 aromatic heterocycles. The molecule has 0 fully saturated rings. The van der Waals surface area contributed by atoms with Crippen molar-refractivity contribution in [1.82, 2.24) is 14.5 Å². The van der Waals surface area contributed by atoms with Gasteiger partial charge in [-0.05, 0) is 56.0 Å². The van der Waals surface area contributed by atoms with Crippen LogP contribution in [0.15, 0.2) is 78.9 Å². The lowest BCUT2D eigenvalue weighted by atomic mass is 10.0. The molecule has 0 aliphatic rings. The second-order valence-corrected chi connectivity index (χ2v) is 12.5. The zero-order chi connectivity index (χ0) is 29.4. The average Bonchev–Trinajstić information content (AvgIpc) is 2.91. The van der Waals surface area contributed by atoms with Crippen molar-refractivity contribution < 1.29 is 18.0 Å². The minimum atomic E-state index is -4.04. The highest BCUT2D eigenvalue weighted by Gasteiger charge is 2.35. The molecule has 1 atom stereocenters. The highest BCUT2D eigenvalue weighted by atomic mass is 32.2. The lowest BCUT2D eigenvalue weighted by Gasteiger charge is -2.35. The molecule has 0 spiro atoms. The number of hydrogen-bond donors (Lipinski definition) is 1. The van der Waals surface area contributed by atoms with Crippen LogP contribution in [0.3, 0.4) is 0 Å². The summed E-state index contributed by atoms with van der Waals surface area (Å²) >= 11 is 0. The second kappa shape index (κ2) is 13.6. The normalized spacial score (nSPS) is 12.3. The third kappa shape index (κ3) is 7.92. The van der Waals surface area contributed by atoms with Gasteiger partial charge in [0.25, 0.3) is 0 Å². The van der Waals surface area contributed by atoms with E-state index >= 15 is 0 Å². The van der Waals surface area contributed by atoms with E-state index in [1.54, 1.807) is 6.07 Å². The van der Waals surface area contributed by atoms with Gasteiger partial charge in [-0.25, -0.2) is 4.31 Å². The van der Waals surface area contributed by atoms with Gasteiger partial charge >= 0.3 is 10.2 Å². The van der Waals surface area contributed by atoms with Crippen LogP contribution in [0.4, 0.5) is 5.69 Å². The Morgan fingerprint density at radius 3 is 1.98 bits per heavy atom. The number of amides is 2. The van der Waals surface area contributed by atoms with E-state index in [1.165, 1.54) is 19.0 Å². The smallest absolute Gasteiger partial charge is 0.304 e. The molecule has 0 heterocycles. The molecule has 0 aliphatic carbocycles. The van der Waals surface area contributed by atoms with Crippen molar-refractivity contribution in [2.24, 2.45) is 0 Å². The summed E-state index contributed by atoms with van der Waals surface area (Å²) in [7, 11) is -1.16. The van der Waals surface area contributed by atoms with Crippen molar-refractivity contribution in [3.8, 4) is 0 Å². The first-order chi connectivity index (χ1) is 18.9. The zero-order valence-electron chi connectivity index (χ0n) is 24.2. The Balaban J connectivity index is 2.11. The minimum Gasteiger partial charge on any atom is -0.352 e. The summed E-state index contributed by atoms with van der Waals surface area (Å²) in [5.41, 5.74) is 3.74. The van der Waals surface area contributed by atoms with Gasteiger partial charge in [-0.1, -0.05) is 72.8 Å². The summed E-state index contributed by atoms with van der Waals surface area (Å²) < 4.78 is 29.3. The zero-order valence-corrected chi connectivity index (χ0v) is 25.0. The summed E-state index contributed by atoms with van der Waals surface area (Å²) in [6.07, 6.45) is 0.280. The number of hydrogen-bond acceptors (Lipinski definition) is 4. The Hall–Kier alpha value is -3.69. The number of rotatable bonds is 12. The second-order valence-electron chi connectivity index (χ2n) is 10.5. The van der Waals surface area contributed by atoms with Crippen LogP contribution in [0.25, 0.3) is 0 Å². The predicted octanol–water partition coefficient (Wildman–Crippen LogP) is 4.08. The van der Waals surface area contributed by atoms with Crippen molar-refractivity contribution in [3.05, 3.63) is 101 Å². The molecule has 3 rings (SSSR count). The monoisotopic (exact) mass is 564 g/mol. The Morgan fingerprint density at radius 1 is 0.850 bits per heavy atom. The SMILES string of the molecule is Cc1ccc(C)c(N(CC(=O)N(Cc2ccccc2)[C@H](Cc2ccccc2)C(=O)NC(C)C)S(=O)(=O)N(C)C)c1. The molecule has 3 aromatic carbocycles. The molecule has 0 saturated carbocycles. The largest absolute Gasteiger partial charge is 0.352 e. The molecule has 0 aliphatic heterocycles. The molecule has 9 heteroatoms. The third-order valence-corrected chi connectivity index (χ3v) is 8.36. The van der Waals surface area contributed by atoms with Crippen molar-refractivity contribution in [2.45, 2.75) is 52.7 Å². The van der Waals surface area contributed by atoms with Crippen LogP contribution in [0.5, 0.6) is 0 Å². The van der Waals surface area contributed by atoms with Gasteiger partial charge in [0.1, 0.15) is 12.6 Å². The number of nitrogens with one attached hydrogen (secondary N) is 1. The summed E-state index contributed by atoms with van der Waals surface area (Å²) in [6, 6.07) is 23.4. The molecule has 2 amide bonds. The van der Waals surface area contributed by atoms with Crippen LogP contribution in [-0.2, 0) is 32.8 Å². The fourth-order valence-electron chi connectivity index (χ4n) is 4.40. The molecule has 40 heavy (non-hydrogen) atoms. The number of carbonyl (C=O) groups is 2. The lowest BCUT2D eigenvalue weighted by Crippen LogP contribution is -2.55. The average molecular weight is 565 g/mol. The van der Waals surface area contributed by atoms with Gasteiger partial charge in [0.15, 0.2) is 0 Å². The van der Waals surface area contributed by atoms with E-state index in [2.05, 4.69) is 5.32 Å². The van der Waals surface area contributed by atoms with E-state index in [-0.39, 0.29) is 24.9 Å². The molecule has 214 valence electrons. The van der Waals surface area contributed by atoms with Gasteiger partial charge in [-0.3, -0.25) is 9.59 Å². The fourth-order valence-corrected chi connectivity index (χ4v) is 5.52. The number of anilines is 1. The molecule has 0 radical (unpaired) electrons. The van der Waals surface area contributed by atoms with Crippen LogP contribution >= 0.6 is 0 Å². The van der Waals surface area contributed by atoms with Crippen molar-refractivity contribution >= 4 is 27.7 Å². The number of benzene rings is 3. The van der Waals surface area contributed by atoms with Crippen molar-refractivity contribution in [3.63, 3.8) is 0 Å². The van der Waals surface area contributed by atoms with Crippen LogP contribution in [0.1, 0.15) is 36.1 Å².